The summed E-state index contributed by atoms with van der Waals surface area (Å²) in [6.45, 7) is 10.4. The van der Waals surface area contributed by atoms with Gasteiger partial charge in [-0.25, -0.2) is 0 Å². The van der Waals surface area contributed by atoms with Crippen molar-refractivity contribution in [2.75, 3.05) is 0 Å². The van der Waals surface area contributed by atoms with Crippen LogP contribution in [0.15, 0.2) is 152 Å². The molecule has 1 saturated carbocycles. The van der Waals surface area contributed by atoms with E-state index in [1.165, 1.54) is 66.3 Å². The maximum Gasteiger partial charge on any atom is -0.0398 e. The fraction of sp³-hybridized carbons (Fsp3) is 0.268. The molecule has 0 radical (unpaired) electrons. The Hall–Kier alpha value is -3.90. The normalized spacial score (nSPS) is 11.0. The van der Waals surface area contributed by atoms with Crippen LogP contribution < -0.4 is 0 Å². The van der Waals surface area contributed by atoms with Crippen LogP contribution in [0, 0.1) is 34.6 Å². The third-order valence-corrected chi connectivity index (χ3v) is 6.20. The second kappa shape index (κ2) is 25.1. The Labute approximate surface area is 252 Å². The van der Waals surface area contributed by atoms with Crippen LogP contribution in [0.1, 0.15) is 66.3 Å². The number of hydrogen-bond donors (Lipinski definition) is 0. The van der Waals surface area contributed by atoms with Crippen molar-refractivity contribution in [2.45, 2.75) is 73.1 Å². The molecule has 0 heterocycles. The summed E-state index contributed by atoms with van der Waals surface area (Å²) in [5, 5.41) is 0. The van der Waals surface area contributed by atoms with E-state index in [0.29, 0.717) is 0 Å². The fourth-order valence-corrected chi connectivity index (χ4v) is 3.73. The molecule has 1 fully saturated rings. The minimum Gasteiger partial charge on any atom is -0.0622 e. The van der Waals surface area contributed by atoms with Gasteiger partial charge < -0.3 is 0 Å². The molecule has 0 spiro atoms. The van der Waals surface area contributed by atoms with Gasteiger partial charge in [-0.1, -0.05) is 218 Å². The first-order chi connectivity index (χ1) is 20.0. The van der Waals surface area contributed by atoms with Crippen LogP contribution >= 0.6 is 0 Å². The van der Waals surface area contributed by atoms with E-state index in [0.717, 1.165) is 0 Å². The van der Waals surface area contributed by atoms with Gasteiger partial charge in [-0.3, -0.25) is 0 Å². The smallest absolute Gasteiger partial charge is 0.0398 e. The standard InChI is InChI=1S/5C7H8.C6H12/c5*1-7-5-3-2-4-6-7;1-2-4-6-5-3-1/h5*2-6H,1H3;1-6H2. The predicted octanol–water partition coefficient (Wildman–Crippen LogP) is 12.3. The van der Waals surface area contributed by atoms with E-state index in [2.05, 4.69) is 95.3 Å². The van der Waals surface area contributed by atoms with E-state index in [-0.39, 0.29) is 0 Å². The largest absolute Gasteiger partial charge is 0.0622 e. The van der Waals surface area contributed by atoms with Crippen LogP contribution in [0.25, 0.3) is 0 Å². The molecule has 0 aliphatic heterocycles. The molecule has 0 nitrogen and oxygen atoms in total. The summed E-state index contributed by atoms with van der Waals surface area (Å²) in [6.07, 6.45) is 9.00. The summed E-state index contributed by atoms with van der Waals surface area (Å²) in [5.41, 5.74) is 6.61. The van der Waals surface area contributed by atoms with Gasteiger partial charge in [0.05, 0.1) is 0 Å². The highest BCUT2D eigenvalue weighted by atomic mass is 14.0. The minimum absolute atomic E-state index is 1.32. The van der Waals surface area contributed by atoms with Gasteiger partial charge >= 0.3 is 0 Å². The lowest BCUT2D eigenvalue weighted by Gasteiger charge is -2.05. The summed E-state index contributed by atoms with van der Waals surface area (Å²) in [4.78, 5) is 0. The van der Waals surface area contributed by atoms with Crippen molar-refractivity contribution in [1.29, 1.82) is 0 Å². The molecule has 0 heteroatoms. The molecule has 5 aromatic carbocycles. The van der Waals surface area contributed by atoms with Crippen molar-refractivity contribution in [3.05, 3.63) is 179 Å². The molecule has 1 aliphatic carbocycles. The Morgan fingerprint density at radius 1 is 0.220 bits per heavy atom. The second-order valence-corrected chi connectivity index (χ2v) is 10.4. The molecule has 0 N–H and O–H groups in total. The van der Waals surface area contributed by atoms with Gasteiger partial charge in [0, 0.05) is 0 Å². The van der Waals surface area contributed by atoms with Gasteiger partial charge in [0.15, 0.2) is 0 Å². The van der Waals surface area contributed by atoms with Gasteiger partial charge in [0.1, 0.15) is 0 Å². The summed E-state index contributed by atoms with van der Waals surface area (Å²) in [6, 6.07) is 51.3. The average molecular weight is 545 g/mol. The van der Waals surface area contributed by atoms with E-state index in [1.807, 2.05) is 91.0 Å². The van der Waals surface area contributed by atoms with E-state index < -0.39 is 0 Å². The Morgan fingerprint density at radius 3 is 0.415 bits per heavy atom. The predicted molar refractivity (Wildman–Crippen MR) is 184 cm³/mol. The maximum atomic E-state index is 2.08. The van der Waals surface area contributed by atoms with Crippen molar-refractivity contribution < 1.29 is 0 Å². The highest BCUT2D eigenvalue weighted by Crippen LogP contribution is 2.15. The lowest BCUT2D eigenvalue weighted by Crippen LogP contribution is -1.85. The Balaban J connectivity index is 0.000000246. The molecule has 41 heavy (non-hydrogen) atoms. The molecule has 6 rings (SSSR count). The van der Waals surface area contributed by atoms with Gasteiger partial charge in [0.25, 0.3) is 0 Å². The molecular weight excluding hydrogens is 492 g/mol. The third-order valence-electron chi connectivity index (χ3n) is 6.20. The molecule has 0 unspecified atom stereocenters. The number of benzene rings is 5. The van der Waals surface area contributed by atoms with Crippen molar-refractivity contribution in [2.24, 2.45) is 0 Å². The monoisotopic (exact) mass is 544 g/mol. The van der Waals surface area contributed by atoms with Gasteiger partial charge in [-0.15, -0.1) is 0 Å². The minimum atomic E-state index is 1.32. The molecule has 0 aromatic heterocycles. The number of hydrogen-bond acceptors (Lipinski definition) is 0. The Morgan fingerprint density at radius 2 is 0.341 bits per heavy atom. The zero-order valence-corrected chi connectivity index (χ0v) is 26.2. The first-order valence-corrected chi connectivity index (χ1v) is 15.1. The quantitative estimate of drug-likeness (QED) is 0.182. The number of aryl methyl sites for hydroxylation is 5. The summed E-state index contributed by atoms with van der Waals surface area (Å²) in [5.74, 6) is 0. The first kappa shape index (κ1) is 35.1. The molecule has 0 bridgehead atoms. The molecule has 1 aliphatic rings. The third kappa shape index (κ3) is 23.7. The van der Waals surface area contributed by atoms with Crippen LogP contribution in [0.5, 0.6) is 0 Å². The van der Waals surface area contributed by atoms with E-state index in [1.54, 1.807) is 0 Å². The molecular formula is C41H52. The van der Waals surface area contributed by atoms with Crippen molar-refractivity contribution in [3.63, 3.8) is 0 Å². The van der Waals surface area contributed by atoms with E-state index in [4.69, 9.17) is 0 Å². The van der Waals surface area contributed by atoms with Crippen LogP contribution in [-0.2, 0) is 0 Å². The average Bonchev–Trinajstić information content (AvgIpc) is 3.02. The Kier molecular flexibility index (Phi) is 21.5. The lowest BCUT2D eigenvalue weighted by atomic mass is 10.0. The van der Waals surface area contributed by atoms with Crippen molar-refractivity contribution in [1.82, 2.24) is 0 Å². The van der Waals surface area contributed by atoms with Crippen LogP contribution in [0.2, 0.25) is 0 Å². The molecule has 5 aromatic rings. The van der Waals surface area contributed by atoms with E-state index >= 15 is 0 Å². The summed E-state index contributed by atoms with van der Waals surface area (Å²) >= 11 is 0. The summed E-state index contributed by atoms with van der Waals surface area (Å²) < 4.78 is 0. The second-order valence-electron chi connectivity index (χ2n) is 10.4. The highest BCUT2D eigenvalue weighted by molar-refractivity contribution is 5.14. The molecule has 0 atom stereocenters. The highest BCUT2D eigenvalue weighted by Gasteiger charge is 1.95. The van der Waals surface area contributed by atoms with Crippen molar-refractivity contribution in [3.8, 4) is 0 Å². The van der Waals surface area contributed by atoms with Crippen LogP contribution in [0.4, 0.5) is 0 Å². The zero-order valence-electron chi connectivity index (χ0n) is 26.2. The zero-order chi connectivity index (χ0) is 29.8. The lowest BCUT2D eigenvalue weighted by molar-refractivity contribution is 0.504. The fourth-order valence-electron chi connectivity index (χ4n) is 3.73. The van der Waals surface area contributed by atoms with Crippen LogP contribution in [-0.4, -0.2) is 0 Å². The number of rotatable bonds is 0. The summed E-state index contributed by atoms with van der Waals surface area (Å²) in [7, 11) is 0. The maximum absolute atomic E-state index is 2.08. The van der Waals surface area contributed by atoms with Crippen molar-refractivity contribution >= 4 is 0 Å². The molecule has 0 amide bonds. The Bertz CT molecular complexity index is 948. The van der Waals surface area contributed by atoms with Crippen LogP contribution in [0.3, 0.4) is 0 Å². The van der Waals surface area contributed by atoms with Gasteiger partial charge in [-0.05, 0) is 34.6 Å². The SMILES string of the molecule is C1CCCCC1.Cc1ccccc1.Cc1ccccc1.Cc1ccccc1.Cc1ccccc1.Cc1ccccc1. The first-order valence-electron chi connectivity index (χ1n) is 15.1. The van der Waals surface area contributed by atoms with E-state index in [9.17, 15) is 0 Å². The molecule has 0 saturated heterocycles. The van der Waals surface area contributed by atoms with Gasteiger partial charge in [-0.2, -0.15) is 0 Å². The topological polar surface area (TPSA) is 0 Å². The van der Waals surface area contributed by atoms with Gasteiger partial charge in [0.2, 0.25) is 0 Å². The molecule has 216 valence electrons.